The van der Waals surface area contributed by atoms with E-state index in [1.54, 1.807) is 0 Å². The van der Waals surface area contributed by atoms with Crippen molar-refractivity contribution < 1.29 is 14.3 Å². The minimum atomic E-state index is -0.601. The lowest BCUT2D eigenvalue weighted by atomic mass is 10.1. The summed E-state index contributed by atoms with van der Waals surface area (Å²) in [6, 6.07) is 6.74. The van der Waals surface area contributed by atoms with Gasteiger partial charge in [-0.25, -0.2) is 4.79 Å². The van der Waals surface area contributed by atoms with Crippen LogP contribution in [-0.2, 0) is 14.3 Å². The Balaban J connectivity index is 3.01. The number of amides is 1. The minimum absolute atomic E-state index is 0.179. The maximum absolute atomic E-state index is 12.3. The smallest absolute Gasteiger partial charge is 0.329 e. The molecule has 0 bridgehead atoms. The third-order valence-corrected chi connectivity index (χ3v) is 3.45. The van der Waals surface area contributed by atoms with Gasteiger partial charge in [-0.05, 0) is 30.5 Å². The van der Waals surface area contributed by atoms with Crippen LogP contribution in [0.1, 0.15) is 34.1 Å². The van der Waals surface area contributed by atoms with Crippen LogP contribution in [0.2, 0.25) is 0 Å². The zero-order chi connectivity index (χ0) is 16.0. The average molecular weight is 356 g/mol. The maximum Gasteiger partial charge on any atom is 0.329 e. The van der Waals surface area contributed by atoms with Gasteiger partial charge in [-0.2, -0.15) is 0 Å². The van der Waals surface area contributed by atoms with Crippen LogP contribution in [0.15, 0.2) is 28.7 Å². The van der Waals surface area contributed by atoms with Crippen molar-refractivity contribution in [1.82, 2.24) is 0 Å². The maximum atomic E-state index is 12.3. The van der Waals surface area contributed by atoms with E-state index in [2.05, 4.69) is 15.9 Å². The number of esters is 1. The number of carbonyl (C=O) groups excluding carboxylic acids is 2. The third kappa shape index (κ3) is 5.16. The number of anilines is 1. The molecule has 5 heteroatoms. The number of ether oxygens (including phenoxy) is 1. The molecule has 0 N–H and O–H groups in total. The summed E-state index contributed by atoms with van der Waals surface area (Å²) >= 11 is 3.38. The van der Waals surface area contributed by atoms with E-state index in [0.717, 1.165) is 4.47 Å². The third-order valence-electron chi connectivity index (χ3n) is 2.95. The summed E-state index contributed by atoms with van der Waals surface area (Å²) in [4.78, 5) is 25.7. The molecular weight excluding hydrogens is 334 g/mol. The molecule has 0 heterocycles. The molecule has 1 aromatic rings. The fraction of sp³-hybridized carbons (Fsp3) is 0.500. The largest absolute Gasteiger partial charge is 0.464 e. The fourth-order valence-electron chi connectivity index (χ4n) is 2.01. The minimum Gasteiger partial charge on any atom is -0.464 e. The SMILES string of the molecule is CCC(C(=O)OCC(C)C)N(C(C)=O)c1cccc(Br)c1. The zero-order valence-corrected chi connectivity index (χ0v) is 14.5. The Labute approximate surface area is 134 Å². The van der Waals surface area contributed by atoms with Gasteiger partial charge in [-0.15, -0.1) is 0 Å². The lowest BCUT2D eigenvalue weighted by Crippen LogP contribution is -2.45. The highest BCUT2D eigenvalue weighted by atomic mass is 79.9. The Morgan fingerprint density at radius 3 is 2.48 bits per heavy atom. The molecule has 0 aromatic heterocycles. The monoisotopic (exact) mass is 355 g/mol. The van der Waals surface area contributed by atoms with E-state index in [9.17, 15) is 9.59 Å². The van der Waals surface area contributed by atoms with Crippen molar-refractivity contribution in [3.05, 3.63) is 28.7 Å². The molecule has 0 saturated heterocycles. The first kappa shape index (κ1) is 17.7. The van der Waals surface area contributed by atoms with Gasteiger partial charge in [0.2, 0.25) is 5.91 Å². The number of hydrogen-bond acceptors (Lipinski definition) is 3. The van der Waals surface area contributed by atoms with Crippen LogP contribution in [-0.4, -0.2) is 24.5 Å². The number of carbonyl (C=O) groups is 2. The van der Waals surface area contributed by atoms with Crippen molar-refractivity contribution >= 4 is 33.5 Å². The summed E-state index contributed by atoms with van der Waals surface area (Å²) in [5.41, 5.74) is 0.685. The van der Waals surface area contributed by atoms with Crippen molar-refractivity contribution in [1.29, 1.82) is 0 Å². The van der Waals surface area contributed by atoms with Crippen molar-refractivity contribution in [2.75, 3.05) is 11.5 Å². The van der Waals surface area contributed by atoms with E-state index in [4.69, 9.17) is 4.74 Å². The van der Waals surface area contributed by atoms with Gasteiger partial charge in [0, 0.05) is 17.1 Å². The Morgan fingerprint density at radius 1 is 1.33 bits per heavy atom. The first-order valence-electron chi connectivity index (χ1n) is 7.08. The van der Waals surface area contributed by atoms with Crippen LogP contribution >= 0.6 is 15.9 Å². The summed E-state index contributed by atoms with van der Waals surface area (Å²) < 4.78 is 6.15. The highest BCUT2D eigenvalue weighted by Gasteiger charge is 2.29. The summed E-state index contributed by atoms with van der Waals surface area (Å²) in [5, 5.41) is 0. The molecule has 0 aliphatic carbocycles. The normalized spacial score (nSPS) is 12.1. The number of benzene rings is 1. The van der Waals surface area contributed by atoms with Gasteiger partial charge < -0.3 is 4.74 Å². The lowest BCUT2D eigenvalue weighted by Gasteiger charge is -2.29. The van der Waals surface area contributed by atoms with Gasteiger partial charge in [0.25, 0.3) is 0 Å². The van der Waals surface area contributed by atoms with Crippen LogP contribution in [0.3, 0.4) is 0 Å². The van der Waals surface area contributed by atoms with Crippen molar-refractivity contribution in [2.45, 2.75) is 40.2 Å². The molecule has 116 valence electrons. The van der Waals surface area contributed by atoms with Gasteiger partial charge in [0.05, 0.1) is 6.61 Å². The zero-order valence-electron chi connectivity index (χ0n) is 12.9. The number of hydrogen-bond donors (Lipinski definition) is 0. The quantitative estimate of drug-likeness (QED) is 0.729. The Bertz CT molecular complexity index is 502. The Hall–Kier alpha value is -1.36. The van der Waals surface area contributed by atoms with Crippen LogP contribution in [0, 0.1) is 5.92 Å². The van der Waals surface area contributed by atoms with E-state index < -0.39 is 6.04 Å². The molecular formula is C16H22BrNO3. The summed E-state index contributed by atoms with van der Waals surface area (Å²) in [6.45, 7) is 7.64. The first-order chi connectivity index (χ1) is 9.86. The molecule has 1 amide bonds. The Morgan fingerprint density at radius 2 is 2.00 bits per heavy atom. The second-order valence-corrected chi connectivity index (χ2v) is 6.23. The van der Waals surface area contributed by atoms with E-state index in [1.165, 1.54) is 11.8 Å². The topological polar surface area (TPSA) is 46.6 Å². The number of nitrogens with zero attached hydrogens (tertiary/aromatic N) is 1. The second-order valence-electron chi connectivity index (χ2n) is 5.32. The van der Waals surface area contributed by atoms with Crippen LogP contribution in [0.4, 0.5) is 5.69 Å². The molecule has 0 saturated carbocycles. The molecule has 0 aliphatic heterocycles. The van der Waals surface area contributed by atoms with E-state index in [-0.39, 0.29) is 17.8 Å². The number of rotatable bonds is 6. The van der Waals surface area contributed by atoms with E-state index in [1.807, 2.05) is 45.0 Å². The fourth-order valence-corrected chi connectivity index (χ4v) is 2.39. The first-order valence-corrected chi connectivity index (χ1v) is 7.88. The van der Waals surface area contributed by atoms with Gasteiger partial charge >= 0.3 is 5.97 Å². The molecule has 0 radical (unpaired) electrons. The molecule has 0 spiro atoms. The van der Waals surface area contributed by atoms with Crippen LogP contribution in [0.5, 0.6) is 0 Å². The molecule has 4 nitrogen and oxygen atoms in total. The van der Waals surface area contributed by atoms with Gasteiger partial charge in [-0.1, -0.05) is 42.8 Å². The van der Waals surface area contributed by atoms with E-state index >= 15 is 0 Å². The molecule has 21 heavy (non-hydrogen) atoms. The van der Waals surface area contributed by atoms with Gasteiger partial charge in [0.1, 0.15) is 6.04 Å². The average Bonchev–Trinajstić information content (AvgIpc) is 2.41. The highest BCUT2D eigenvalue weighted by Crippen LogP contribution is 2.24. The molecule has 1 aromatic carbocycles. The van der Waals surface area contributed by atoms with Crippen molar-refractivity contribution in [2.24, 2.45) is 5.92 Å². The van der Waals surface area contributed by atoms with Gasteiger partial charge in [0.15, 0.2) is 0 Å². The summed E-state index contributed by atoms with van der Waals surface area (Å²) in [7, 11) is 0. The number of halogens is 1. The highest BCUT2D eigenvalue weighted by molar-refractivity contribution is 9.10. The predicted molar refractivity (Wildman–Crippen MR) is 87.2 cm³/mol. The summed E-state index contributed by atoms with van der Waals surface area (Å²) in [6.07, 6.45) is 0.503. The van der Waals surface area contributed by atoms with Crippen LogP contribution in [0.25, 0.3) is 0 Å². The molecule has 1 unspecified atom stereocenters. The molecule has 0 fully saturated rings. The van der Waals surface area contributed by atoms with Crippen molar-refractivity contribution in [3.8, 4) is 0 Å². The van der Waals surface area contributed by atoms with Crippen LogP contribution < -0.4 is 4.90 Å². The lowest BCUT2D eigenvalue weighted by molar-refractivity contribution is -0.147. The summed E-state index contributed by atoms with van der Waals surface area (Å²) in [5.74, 6) is -0.272. The predicted octanol–water partition coefficient (Wildman–Crippen LogP) is 3.78. The van der Waals surface area contributed by atoms with Gasteiger partial charge in [-0.3, -0.25) is 9.69 Å². The Kier molecular flexibility index (Phi) is 6.89. The van der Waals surface area contributed by atoms with Crippen molar-refractivity contribution in [3.63, 3.8) is 0 Å². The van der Waals surface area contributed by atoms with E-state index in [0.29, 0.717) is 18.7 Å². The molecule has 0 aliphatic rings. The molecule has 1 rings (SSSR count). The standard InChI is InChI=1S/C16H22BrNO3/c1-5-15(16(20)21-10-11(2)3)18(12(4)19)14-8-6-7-13(17)9-14/h6-9,11,15H,5,10H2,1-4H3. The molecule has 1 atom stereocenters. The second kappa shape index (κ2) is 8.17.